The van der Waals surface area contributed by atoms with Gasteiger partial charge in [0.2, 0.25) is 10.0 Å². The number of aromatic nitrogens is 1. The maximum atomic E-state index is 12.8. The van der Waals surface area contributed by atoms with Crippen LogP contribution in [0.3, 0.4) is 0 Å². The number of amides is 2. The van der Waals surface area contributed by atoms with Gasteiger partial charge in [-0.15, -0.1) is 0 Å². The van der Waals surface area contributed by atoms with Gasteiger partial charge in [-0.3, -0.25) is 20.4 Å². The number of hydrogen-bond donors (Lipinski definition) is 3. The van der Waals surface area contributed by atoms with Crippen molar-refractivity contribution < 1.29 is 22.7 Å². The highest BCUT2D eigenvalue weighted by atomic mass is 32.2. The molecule has 1 aliphatic rings. The minimum Gasteiger partial charge on any atom is -0.373 e. The molecule has 2 heterocycles. The van der Waals surface area contributed by atoms with Crippen LogP contribution >= 0.6 is 0 Å². The van der Waals surface area contributed by atoms with Gasteiger partial charge in [-0.05, 0) is 50.2 Å². The lowest BCUT2D eigenvalue weighted by Crippen LogP contribution is -2.48. The Kier molecular flexibility index (Phi) is 5.82. The van der Waals surface area contributed by atoms with Gasteiger partial charge in [0.1, 0.15) is 5.69 Å². The fraction of sp³-hybridized carbons (Fsp3) is 0.333. The number of morpholine rings is 1. The van der Waals surface area contributed by atoms with Crippen molar-refractivity contribution in [3.05, 3.63) is 53.9 Å². The number of rotatable bonds is 4. The van der Waals surface area contributed by atoms with Gasteiger partial charge in [0.25, 0.3) is 11.8 Å². The zero-order valence-corrected chi connectivity index (χ0v) is 16.3. The van der Waals surface area contributed by atoms with Crippen molar-refractivity contribution >= 4 is 21.8 Å². The summed E-state index contributed by atoms with van der Waals surface area (Å²) in [6.45, 7) is 4.21. The van der Waals surface area contributed by atoms with Crippen LogP contribution in [0, 0.1) is 0 Å². The largest absolute Gasteiger partial charge is 0.373 e. The van der Waals surface area contributed by atoms with Gasteiger partial charge in [-0.1, -0.05) is 0 Å². The molecular formula is C18H22N4O5S. The summed E-state index contributed by atoms with van der Waals surface area (Å²) in [5.74, 6) is -1.05. The van der Waals surface area contributed by atoms with Crippen LogP contribution in [0.4, 0.5) is 0 Å². The molecule has 1 fully saturated rings. The average molecular weight is 406 g/mol. The number of benzene rings is 1. The number of aromatic amines is 1. The summed E-state index contributed by atoms with van der Waals surface area (Å²) in [4.78, 5) is 26.8. The Labute approximate surface area is 163 Å². The summed E-state index contributed by atoms with van der Waals surface area (Å²) in [6, 6.07) is 8.77. The highest BCUT2D eigenvalue weighted by Gasteiger charge is 2.32. The SMILES string of the molecule is C[C@H]1CN(S(=O)(=O)c2ccc(C(=O)NNC(=O)c3ccc[nH]3)cc2)C[C@H](C)O1. The number of nitrogens with zero attached hydrogens (tertiary/aromatic N) is 1. The molecule has 0 aliphatic carbocycles. The zero-order valence-electron chi connectivity index (χ0n) is 15.5. The molecule has 10 heteroatoms. The fourth-order valence-corrected chi connectivity index (χ4v) is 4.57. The average Bonchev–Trinajstić information content (AvgIpc) is 3.20. The molecule has 0 saturated carbocycles. The van der Waals surface area contributed by atoms with Crippen LogP contribution in [0.25, 0.3) is 0 Å². The van der Waals surface area contributed by atoms with E-state index < -0.39 is 21.8 Å². The summed E-state index contributed by atoms with van der Waals surface area (Å²) in [6.07, 6.45) is 1.21. The summed E-state index contributed by atoms with van der Waals surface area (Å²) >= 11 is 0. The molecule has 0 unspecified atom stereocenters. The second-order valence-electron chi connectivity index (χ2n) is 6.60. The fourth-order valence-electron chi connectivity index (χ4n) is 2.98. The van der Waals surface area contributed by atoms with E-state index in [1.165, 1.54) is 28.6 Å². The highest BCUT2D eigenvalue weighted by Crippen LogP contribution is 2.21. The number of H-pyrrole nitrogens is 1. The molecule has 0 radical (unpaired) electrons. The molecule has 28 heavy (non-hydrogen) atoms. The monoisotopic (exact) mass is 406 g/mol. The summed E-state index contributed by atoms with van der Waals surface area (Å²) in [7, 11) is -3.68. The molecule has 150 valence electrons. The highest BCUT2D eigenvalue weighted by molar-refractivity contribution is 7.89. The zero-order chi connectivity index (χ0) is 20.3. The van der Waals surface area contributed by atoms with Crippen molar-refractivity contribution in [1.29, 1.82) is 0 Å². The van der Waals surface area contributed by atoms with Crippen LogP contribution in [0.15, 0.2) is 47.5 Å². The van der Waals surface area contributed by atoms with Crippen LogP contribution in [0.2, 0.25) is 0 Å². The van der Waals surface area contributed by atoms with Gasteiger partial charge >= 0.3 is 0 Å². The topological polar surface area (TPSA) is 121 Å². The Bertz CT molecular complexity index is 931. The van der Waals surface area contributed by atoms with E-state index in [4.69, 9.17) is 4.74 Å². The normalized spacial score (nSPS) is 20.5. The first-order valence-corrected chi connectivity index (χ1v) is 10.2. The van der Waals surface area contributed by atoms with Crippen molar-refractivity contribution in [2.75, 3.05) is 13.1 Å². The number of ether oxygens (including phenoxy) is 1. The molecule has 2 atom stereocenters. The van der Waals surface area contributed by atoms with E-state index >= 15 is 0 Å². The van der Waals surface area contributed by atoms with Crippen molar-refractivity contribution in [2.45, 2.75) is 31.0 Å². The molecule has 2 aromatic rings. The minimum atomic E-state index is -3.68. The second kappa shape index (κ2) is 8.13. The van der Waals surface area contributed by atoms with E-state index in [-0.39, 0.29) is 35.8 Å². The Balaban J connectivity index is 1.65. The number of nitrogens with one attached hydrogen (secondary N) is 3. The molecule has 1 aliphatic heterocycles. The first-order valence-electron chi connectivity index (χ1n) is 8.77. The standard InChI is InChI=1S/C18H22N4O5S/c1-12-10-22(11-13(2)27-12)28(25,26)15-7-5-14(6-8-15)17(23)20-21-18(24)16-4-3-9-19-16/h3-9,12-13,19H,10-11H2,1-2H3,(H,20,23)(H,21,24)/t12-,13-/m0/s1. The Morgan fingerprint density at radius 1 is 1.04 bits per heavy atom. The Hall–Kier alpha value is -2.69. The summed E-state index contributed by atoms with van der Waals surface area (Å²) in [5, 5.41) is 0. The minimum absolute atomic E-state index is 0.0979. The van der Waals surface area contributed by atoms with Crippen LogP contribution in [0.1, 0.15) is 34.7 Å². The van der Waals surface area contributed by atoms with E-state index in [0.29, 0.717) is 5.69 Å². The molecule has 1 aromatic heterocycles. The third-order valence-electron chi connectivity index (χ3n) is 4.27. The predicted octanol–water partition coefficient (Wildman–Crippen LogP) is 0.887. The van der Waals surface area contributed by atoms with E-state index in [0.717, 1.165) is 0 Å². The number of hydrogen-bond acceptors (Lipinski definition) is 5. The maximum Gasteiger partial charge on any atom is 0.286 e. The van der Waals surface area contributed by atoms with E-state index in [2.05, 4.69) is 15.8 Å². The van der Waals surface area contributed by atoms with E-state index in [1.54, 1.807) is 18.3 Å². The van der Waals surface area contributed by atoms with E-state index in [1.807, 2.05) is 13.8 Å². The first-order chi connectivity index (χ1) is 13.3. The molecule has 9 nitrogen and oxygen atoms in total. The molecular weight excluding hydrogens is 384 g/mol. The second-order valence-corrected chi connectivity index (χ2v) is 8.53. The molecule has 3 rings (SSSR count). The van der Waals surface area contributed by atoms with Crippen molar-refractivity contribution in [3.63, 3.8) is 0 Å². The third-order valence-corrected chi connectivity index (χ3v) is 6.12. The smallest absolute Gasteiger partial charge is 0.286 e. The lowest BCUT2D eigenvalue weighted by atomic mass is 10.2. The lowest BCUT2D eigenvalue weighted by molar-refractivity contribution is -0.0440. The third kappa shape index (κ3) is 4.41. The molecule has 3 N–H and O–H groups in total. The molecule has 0 spiro atoms. The molecule has 2 amide bonds. The Morgan fingerprint density at radius 3 is 2.21 bits per heavy atom. The number of carbonyl (C=O) groups is 2. The first kappa shape index (κ1) is 20.1. The molecule has 1 aromatic carbocycles. The van der Waals surface area contributed by atoms with Crippen molar-refractivity contribution in [1.82, 2.24) is 20.1 Å². The lowest BCUT2D eigenvalue weighted by Gasteiger charge is -2.34. The summed E-state index contributed by atoms with van der Waals surface area (Å²) < 4.78 is 32.6. The van der Waals surface area contributed by atoms with Crippen molar-refractivity contribution in [3.8, 4) is 0 Å². The van der Waals surface area contributed by atoms with Gasteiger partial charge < -0.3 is 9.72 Å². The van der Waals surface area contributed by atoms with Crippen LogP contribution in [-0.4, -0.2) is 54.8 Å². The molecule has 1 saturated heterocycles. The number of sulfonamides is 1. The van der Waals surface area contributed by atoms with Gasteiger partial charge in [0.05, 0.1) is 17.1 Å². The van der Waals surface area contributed by atoms with Gasteiger partial charge in [0.15, 0.2) is 0 Å². The van der Waals surface area contributed by atoms with Gasteiger partial charge in [0, 0.05) is 24.8 Å². The number of hydrazine groups is 1. The Morgan fingerprint density at radius 2 is 1.64 bits per heavy atom. The number of carbonyl (C=O) groups excluding carboxylic acids is 2. The predicted molar refractivity (Wildman–Crippen MR) is 101 cm³/mol. The van der Waals surface area contributed by atoms with Crippen molar-refractivity contribution in [2.24, 2.45) is 0 Å². The van der Waals surface area contributed by atoms with E-state index in [9.17, 15) is 18.0 Å². The maximum absolute atomic E-state index is 12.8. The molecule has 0 bridgehead atoms. The van der Waals surface area contributed by atoms with Gasteiger partial charge in [-0.25, -0.2) is 8.42 Å². The van der Waals surface area contributed by atoms with Crippen LogP contribution < -0.4 is 10.9 Å². The van der Waals surface area contributed by atoms with Crippen LogP contribution in [0.5, 0.6) is 0 Å². The quantitative estimate of drug-likeness (QED) is 0.651. The van der Waals surface area contributed by atoms with Crippen LogP contribution in [-0.2, 0) is 14.8 Å². The van der Waals surface area contributed by atoms with Gasteiger partial charge in [-0.2, -0.15) is 4.31 Å². The summed E-state index contributed by atoms with van der Waals surface area (Å²) in [5.41, 5.74) is 5.08.